The number of ether oxygens (including phenoxy) is 3. The fourth-order valence-electron chi connectivity index (χ4n) is 4.47. The SMILES string of the molecule is COc1ccccc1OCc1nc2c3c(C)c(C)n(CCCN4CCOCC4)c3ncn2n1. The summed E-state index contributed by atoms with van der Waals surface area (Å²) in [5.74, 6) is 1.96. The lowest BCUT2D eigenvalue weighted by Gasteiger charge is -2.26. The summed E-state index contributed by atoms with van der Waals surface area (Å²) >= 11 is 0. The first-order chi connectivity index (χ1) is 16.2. The van der Waals surface area contributed by atoms with Crippen molar-refractivity contribution < 1.29 is 14.2 Å². The molecule has 0 unspecified atom stereocenters. The van der Waals surface area contributed by atoms with Gasteiger partial charge in [0.05, 0.1) is 25.7 Å². The molecule has 0 N–H and O–H groups in total. The summed E-state index contributed by atoms with van der Waals surface area (Å²) < 4.78 is 20.8. The Morgan fingerprint density at radius 1 is 1.03 bits per heavy atom. The second kappa shape index (κ2) is 9.36. The lowest BCUT2D eigenvalue weighted by atomic mass is 10.2. The van der Waals surface area contributed by atoms with Gasteiger partial charge in [-0.25, -0.2) is 14.5 Å². The van der Waals surface area contributed by atoms with E-state index in [2.05, 4.69) is 28.4 Å². The zero-order valence-electron chi connectivity index (χ0n) is 19.5. The molecule has 0 spiro atoms. The molecular formula is C24H30N6O3. The smallest absolute Gasteiger partial charge is 0.189 e. The van der Waals surface area contributed by atoms with Crippen molar-refractivity contribution in [2.45, 2.75) is 33.4 Å². The lowest BCUT2D eigenvalue weighted by molar-refractivity contribution is 0.0369. The van der Waals surface area contributed by atoms with Gasteiger partial charge in [-0.3, -0.25) is 4.90 Å². The van der Waals surface area contributed by atoms with Crippen LogP contribution in [0.3, 0.4) is 0 Å². The number of aryl methyl sites for hydroxylation is 2. The molecule has 5 rings (SSSR count). The van der Waals surface area contributed by atoms with E-state index in [1.807, 2.05) is 24.3 Å². The van der Waals surface area contributed by atoms with Gasteiger partial charge in [0, 0.05) is 31.9 Å². The average molecular weight is 451 g/mol. The number of rotatable bonds is 8. The second-order valence-electron chi connectivity index (χ2n) is 8.35. The highest BCUT2D eigenvalue weighted by atomic mass is 16.5. The lowest BCUT2D eigenvalue weighted by Crippen LogP contribution is -2.37. The molecular weight excluding hydrogens is 420 g/mol. The molecule has 4 heterocycles. The van der Waals surface area contributed by atoms with E-state index in [1.54, 1.807) is 18.0 Å². The Kier molecular flexibility index (Phi) is 6.15. The first kappa shape index (κ1) is 21.7. The predicted molar refractivity (Wildman–Crippen MR) is 125 cm³/mol. The molecule has 0 radical (unpaired) electrons. The van der Waals surface area contributed by atoms with Crippen LogP contribution in [0.15, 0.2) is 30.6 Å². The number of aromatic nitrogens is 5. The van der Waals surface area contributed by atoms with Crippen molar-refractivity contribution in [1.82, 2.24) is 29.0 Å². The third-order valence-corrected chi connectivity index (χ3v) is 6.38. The maximum Gasteiger partial charge on any atom is 0.189 e. The van der Waals surface area contributed by atoms with E-state index in [1.165, 1.54) is 11.3 Å². The van der Waals surface area contributed by atoms with E-state index in [9.17, 15) is 0 Å². The molecule has 1 saturated heterocycles. The molecule has 3 aromatic heterocycles. The number of hydrogen-bond acceptors (Lipinski definition) is 7. The fraction of sp³-hybridized carbons (Fsp3) is 0.458. The number of nitrogens with zero attached hydrogens (tertiary/aromatic N) is 6. The minimum atomic E-state index is 0.252. The van der Waals surface area contributed by atoms with Crippen LogP contribution in [-0.2, 0) is 17.9 Å². The van der Waals surface area contributed by atoms with Gasteiger partial charge in [-0.1, -0.05) is 12.1 Å². The van der Waals surface area contributed by atoms with Gasteiger partial charge >= 0.3 is 0 Å². The summed E-state index contributed by atoms with van der Waals surface area (Å²) in [5.41, 5.74) is 4.19. The molecule has 4 aromatic rings. The van der Waals surface area contributed by atoms with Crippen molar-refractivity contribution in [3.05, 3.63) is 47.7 Å². The molecule has 1 fully saturated rings. The zero-order chi connectivity index (χ0) is 22.8. The summed E-state index contributed by atoms with van der Waals surface area (Å²) in [4.78, 5) is 12.0. The Balaban J connectivity index is 1.37. The molecule has 0 amide bonds. The van der Waals surface area contributed by atoms with Crippen molar-refractivity contribution in [2.24, 2.45) is 0 Å². The van der Waals surface area contributed by atoms with Gasteiger partial charge in [-0.05, 0) is 38.0 Å². The Morgan fingerprint density at radius 2 is 1.82 bits per heavy atom. The molecule has 1 aromatic carbocycles. The van der Waals surface area contributed by atoms with Crippen LogP contribution in [0.25, 0.3) is 16.7 Å². The minimum Gasteiger partial charge on any atom is -0.493 e. The van der Waals surface area contributed by atoms with Crippen molar-refractivity contribution in [3.63, 3.8) is 0 Å². The quantitative estimate of drug-likeness (QED) is 0.408. The van der Waals surface area contributed by atoms with Crippen LogP contribution in [0.5, 0.6) is 11.5 Å². The van der Waals surface area contributed by atoms with E-state index in [4.69, 9.17) is 24.2 Å². The van der Waals surface area contributed by atoms with E-state index in [0.29, 0.717) is 17.3 Å². The highest BCUT2D eigenvalue weighted by Crippen LogP contribution is 2.28. The third kappa shape index (κ3) is 4.26. The molecule has 0 aliphatic carbocycles. The Hall–Kier alpha value is -3.17. The molecule has 174 valence electrons. The van der Waals surface area contributed by atoms with Crippen molar-refractivity contribution in [2.75, 3.05) is 40.0 Å². The molecule has 1 aliphatic heterocycles. The average Bonchev–Trinajstić information content (AvgIpc) is 3.37. The van der Waals surface area contributed by atoms with Crippen LogP contribution in [-0.4, -0.2) is 69.0 Å². The highest BCUT2D eigenvalue weighted by Gasteiger charge is 2.19. The predicted octanol–water partition coefficient (Wildman–Crippen LogP) is 3.01. The maximum atomic E-state index is 5.92. The van der Waals surface area contributed by atoms with Crippen LogP contribution in [0.2, 0.25) is 0 Å². The second-order valence-corrected chi connectivity index (χ2v) is 8.35. The molecule has 1 aliphatic rings. The number of morpholine rings is 1. The third-order valence-electron chi connectivity index (χ3n) is 6.38. The fourth-order valence-corrected chi connectivity index (χ4v) is 4.47. The number of hydrogen-bond donors (Lipinski definition) is 0. The monoisotopic (exact) mass is 450 g/mol. The number of methoxy groups -OCH3 is 1. The molecule has 33 heavy (non-hydrogen) atoms. The highest BCUT2D eigenvalue weighted by molar-refractivity contribution is 5.93. The van der Waals surface area contributed by atoms with Crippen molar-refractivity contribution in [3.8, 4) is 11.5 Å². The van der Waals surface area contributed by atoms with Gasteiger partial charge < -0.3 is 18.8 Å². The van der Waals surface area contributed by atoms with Crippen LogP contribution in [0.1, 0.15) is 23.5 Å². The summed E-state index contributed by atoms with van der Waals surface area (Å²) in [6.07, 6.45) is 2.82. The van der Waals surface area contributed by atoms with Gasteiger partial charge in [0.15, 0.2) is 23.0 Å². The van der Waals surface area contributed by atoms with E-state index in [0.717, 1.165) is 62.5 Å². The molecule has 9 nitrogen and oxygen atoms in total. The van der Waals surface area contributed by atoms with Crippen LogP contribution in [0.4, 0.5) is 0 Å². The topological polar surface area (TPSA) is 78.9 Å². The standard InChI is InChI=1S/C24H30N6O3/c1-17-18(2)29(10-6-9-28-11-13-32-14-12-28)23-22(17)24-26-21(27-30(24)16-25-23)15-33-20-8-5-4-7-19(20)31-3/h4-5,7-8,16H,6,9-15H2,1-3H3. The number of fused-ring (bicyclic) bond motifs is 3. The normalized spacial score (nSPS) is 14.9. The number of para-hydroxylation sites is 2. The van der Waals surface area contributed by atoms with Gasteiger partial charge in [0.1, 0.15) is 18.6 Å². The van der Waals surface area contributed by atoms with Gasteiger partial charge in [-0.15, -0.1) is 5.10 Å². The Bertz CT molecular complexity index is 1260. The molecule has 0 saturated carbocycles. The maximum absolute atomic E-state index is 5.92. The van der Waals surface area contributed by atoms with Crippen molar-refractivity contribution >= 4 is 16.7 Å². The summed E-state index contributed by atoms with van der Waals surface area (Å²) in [6, 6.07) is 7.57. The van der Waals surface area contributed by atoms with E-state index < -0.39 is 0 Å². The first-order valence-electron chi connectivity index (χ1n) is 11.4. The molecule has 0 bridgehead atoms. The van der Waals surface area contributed by atoms with Crippen molar-refractivity contribution in [1.29, 1.82) is 0 Å². The van der Waals surface area contributed by atoms with Gasteiger partial charge in [0.25, 0.3) is 0 Å². The summed E-state index contributed by atoms with van der Waals surface area (Å²) in [7, 11) is 1.63. The molecule has 9 heteroatoms. The first-order valence-corrected chi connectivity index (χ1v) is 11.4. The largest absolute Gasteiger partial charge is 0.493 e. The number of benzene rings is 1. The Morgan fingerprint density at radius 3 is 2.61 bits per heavy atom. The van der Waals surface area contributed by atoms with Gasteiger partial charge in [-0.2, -0.15) is 0 Å². The molecule has 0 atom stereocenters. The van der Waals surface area contributed by atoms with E-state index in [-0.39, 0.29) is 6.61 Å². The van der Waals surface area contributed by atoms with Crippen LogP contribution < -0.4 is 9.47 Å². The minimum absolute atomic E-state index is 0.252. The van der Waals surface area contributed by atoms with Gasteiger partial charge in [0.2, 0.25) is 0 Å². The van der Waals surface area contributed by atoms with Crippen LogP contribution >= 0.6 is 0 Å². The summed E-state index contributed by atoms with van der Waals surface area (Å²) in [5, 5.41) is 5.64. The zero-order valence-corrected chi connectivity index (χ0v) is 19.5. The Labute approximate surface area is 192 Å². The van der Waals surface area contributed by atoms with E-state index >= 15 is 0 Å². The van der Waals surface area contributed by atoms with Crippen LogP contribution in [0, 0.1) is 13.8 Å². The summed E-state index contributed by atoms with van der Waals surface area (Å²) in [6.45, 7) is 10.2.